The molecule has 0 unspecified atom stereocenters. The van der Waals surface area contributed by atoms with Gasteiger partial charge in [-0.15, -0.1) is 0 Å². The molecule has 0 aliphatic rings. The molecule has 2 aromatic carbocycles. The maximum Gasteiger partial charge on any atom is 1.00 e. The van der Waals surface area contributed by atoms with Crippen molar-refractivity contribution in [3.8, 4) is 22.5 Å². The summed E-state index contributed by atoms with van der Waals surface area (Å²) in [6.07, 6.45) is 0.823. The van der Waals surface area contributed by atoms with Gasteiger partial charge in [-0.3, -0.25) is 15.1 Å². The van der Waals surface area contributed by atoms with E-state index in [2.05, 4.69) is 20.6 Å². The fraction of sp³-hybridized carbons (Fsp3) is 0. The molecule has 20 heavy (non-hydrogen) atoms. The van der Waals surface area contributed by atoms with Crippen LogP contribution in [-0.2, 0) is 0 Å². The van der Waals surface area contributed by atoms with Gasteiger partial charge in [-0.05, 0) is 16.7 Å². The van der Waals surface area contributed by atoms with Crippen LogP contribution in [0.2, 0.25) is 0 Å². The van der Waals surface area contributed by atoms with Crippen LogP contribution in [0.15, 0.2) is 48.5 Å². The minimum Gasteiger partial charge on any atom is -0.330 e. The fourth-order valence-electron chi connectivity index (χ4n) is 1.92. The van der Waals surface area contributed by atoms with Gasteiger partial charge in [0.25, 0.3) is 0 Å². The molecule has 0 atom stereocenters. The maximum atomic E-state index is 10.7. The van der Waals surface area contributed by atoms with Gasteiger partial charge >= 0.3 is 29.6 Å². The van der Waals surface area contributed by atoms with E-state index in [1.165, 1.54) is 0 Å². The largest absolute Gasteiger partial charge is 1.00 e. The number of aldehydes is 1. The average Bonchev–Trinajstić information content (AvgIpc) is 3.01. The van der Waals surface area contributed by atoms with Gasteiger partial charge in [-0.1, -0.05) is 48.5 Å². The minimum absolute atomic E-state index is 0. The van der Waals surface area contributed by atoms with Crippen molar-refractivity contribution in [2.75, 3.05) is 0 Å². The zero-order valence-corrected chi connectivity index (χ0v) is 12.9. The smallest absolute Gasteiger partial charge is 0.330 e. The molecule has 0 aliphatic heterocycles. The van der Waals surface area contributed by atoms with Crippen molar-refractivity contribution in [3.63, 3.8) is 0 Å². The van der Waals surface area contributed by atoms with Gasteiger partial charge in [0.05, 0.1) is 0 Å². The first-order valence-electron chi connectivity index (χ1n) is 5.72. The van der Waals surface area contributed by atoms with Gasteiger partial charge in [0.2, 0.25) is 0 Å². The van der Waals surface area contributed by atoms with Gasteiger partial charge in [-0.2, -0.15) is 5.21 Å². The van der Waals surface area contributed by atoms with E-state index in [1.54, 1.807) is 12.1 Å². The Morgan fingerprint density at radius 2 is 1.65 bits per heavy atom. The Kier molecular flexibility index (Phi) is 4.79. The van der Waals surface area contributed by atoms with Crippen molar-refractivity contribution in [3.05, 3.63) is 54.1 Å². The second-order valence-electron chi connectivity index (χ2n) is 3.99. The molecule has 0 bridgehead atoms. The predicted molar refractivity (Wildman–Crippen MR) is 69.4 cm³/mol. The Morgan fingerprint density at radius 1 is 0.950 bits per heavy atom. The first kappa shape index (κ1) is 14.6. The normalized spacial score (nSPS) is 9.80. The number of hydrogen-bond acceptors (Lipinski definition) is 4. The van der Waals surface area contributed by atoms with Crippen LogP contribution in [0, 0.1) is 0 Å². The molecule has 5 nitrogen and oxygen atoms in total. The first-order valence-corrected chi connectivity index (χ1v) is 5.72. The number of benzene rings is 2. The summed E-state index contributed by atoms with van der Waals surface area (Å²) >= 11 is 0. The van der Waals surface area contributed by atoms with E-state index in [9.17, 15) is 4.79 Å². The van der Waals surface area contributed by atoms with Crippen LogP contribution in [0.5, 0.6) is 0 Å². The van der Waals surface area contributed by atoms with Crippen LogP contribution >= 0.6 is 0 Å². The molecule has 0 spiro atoms. The van der Waals surface area contributed by atoms with Crippen LogP contribution in [-0.4, -0.2) is 21.8 Å². The zero-order chi connectivity index (χ0) is 13.1. The molecule has 0 fully saturated rings. The molecule has 0 aliphatic carbocycles. The van der Waals surface area contributed by atoms with E-state index in [4.69, 9.17) is 0 Å². The van der Waals surface area contributed by atoms with Gasteiger partial charge in [0.15, 0.2) is 0 Å². The van der Waals surface area contributed by atoms with Crippen molar-refractivity contribution >= 4 is 6.29 Å². The SMILES string of the molecule is O=Cc1ccc(-c2ccccc2-c2nnn[n-]2)cc1.[Na+]. The molecule has 0 saturated carbocycles. The second-order valence-corrected chi connectivity index (χ2v) is 3.99. The van der Waals surface area contributed by atoms with Crippen LogP contribution in [0.25, 0.3) is 22.5 Å². The molecule has 0 amide bonds. The zero-order valence-electron chi connectivity index (χ0n) is 10.9. The number of tetrazole rings is 1. The molecule has 3 aromatic rings. The van der Waals surface area contributed by atoms with E-state index < -0.39 is 0 Å². The van der Waals surface area contributed by atoms with E-state index in [1.807, 2.05) is 36.4 Å². The number of carbonyl (C=O) groups excluding carboxylic acids is 1. The van der Waals surface area contributed by atoms with Gasteiger partial charge in [-0.25, -0.2) is 0 Å². The molecule has 1 heterocycles. The van der Waals surface area contributed by atoms with Gasteiger partial charge in [0.1, 0.15) is 6.29 Å². The summed E-state index contributed by atoms with van der Waals surface area (Å²) in [4.78, 5) is 10.7. The van der Waals surface area contributed by atoms with E-state index in [0.29, 0.717) is 11.4 Å². The van der Waals surface area contributed by atoms with Crippen LogP contribution < -0.4 is 34.7 Å². The minimum atomic E-state index is 0. The monoisotopic (exact) mass is 272 g/mol. The summed E-state index contributed by atoms with van der Waals surface area (Å²) in [6.45, 7) is 0. The van der Waals surface area contributed by atoms with Gasteiger partial charge < -0.3 is 5.10 Å². The first-order chi connectivity index (χ1) is 9.38. The maximum absolute atomic E-state index is 10.7. The van der Waals surface area contributed by atoms with Crippen LogP contribution in [0.3, 0.4) is 0 Å². The third-order valence-electron chi connectivity index (χ3n) is 2.84. The predicted octanol–water partition coefficient (Wildman–Crippen LogP) is -1.02. The van der Waals surface area contributed by atoms with Crippen molar-refractivity contribution in [1.82, 2.24) is 20.6 Å². The standard InChI is InChI=1S/C14H10N4O.Na/c19-9-10-5-7-11(8-6-10)12-3-1-2-4-13(12)14-15-17-18-16-14;/h1-9H,(H,15,16,17,18,19);/q;+1/p-1. The van der Waals surface area contributed by atoms with E-state index >= 15 is 0 Å². The summed E-state index contributed by atoms with van der Waals surface area (Å²) < 4.78 is 0. The molecule has 6 heteroatoms. The second kappa shape index (κ2) is 6.56. The molecule has 0 radical (unpaired) electrons. The van der Waals surface area contributed by atoms with Crippen molar-refractivity contribution in [1.29, 1.82) is 0 Å². The summed E-state index contributed by atoms with van der Waals surface area (Å²) in [5.74, 6) is 0.495. The topological polar surface area (TPSA) is 69.8 Å². The van der Waals surface area contributed by atoms with Crippen molar-refractivity contribution in [2.45, 2.75) is 0 Å². The van der Waals surface area contributed by atoms with Crippen molar-refractivity contribution < 1.29 is 34.4 Å². The molecule has 0 N–H and O–H groups in total. The Hall–Kier alpha value is -1.82. The van der Waals surface area contributed by atoms with E-state index in [-0.39, 0.29) is 29.6 Å². The molecular formula is C14H9N4NaO. The number of nitrogens with zero attached hydrogens (tertiary/aromatic N) is 4. The Bertz CT molecular complexity index is 695. The van der Waals surface area contributed by atoms with Crippen molar-refractivity contribution in [2.24, 2.45) is 0 Å². The average molecular weight is 272 g/mol. The number of carbonyl (C=O) groups is 1. The summed E-state index contributed by atoms with van der Waals surface area (Å²) in [5, 5.41) is 14.8. The Morgan fingerprint density at radius 3 is 2.25 bits per heavy atom. The third-order valence-corrected chi connectivity index (χ3v) is 2.84. The summed E-state index contributed by atoms with van der Waals surface area (Å²) in [5.41, 5.74) is 3.49. The molecule has 92 valence electrons. The number of aromatic nitrogens is 4. The molecule has 0 saturated heterocycles. The Balaban J connectivity index is 0.00000147. The number of hydrogen-bond donors (Lipinski definition) is 0. The fourth-order valence-corrected chi connectivity index (χ4v) is 1.92. The molecular weight excluding hydrogens is 263 g/mol. The van der Waals surface area contributed by atoms with Gasteiger partial charge in [0, 0.05) is 11.4 Å². The van der Waals surface area contributed by atoms with Crippen LogP contribution in [0.1, 0.15) is 10.4 Å². The third kappa shape index (κ3) is 2.85. The molecule has 3 rings (SSSR count). The Labute approximate surface area is 137 Å². The summed E-state index contributed by atoms with van der Waals surface area (Å²) in [7, 11) is 0. The number of rotatable bonds is 3. The van der Waals surface area contributed by atoms with E-state index in [0.717, 1.165) is 23.0 Å². The molecule has 1 aromatic heterocycles. The quantitative estimate of drug-likeness (QED) is 0.451. The van der Waals surface area contributed by atoms with Crippen LogP contribution in [0.4, 0.5) is 0 Å². The summed E-state index contributed by atoms with van der Waals surface area (Å²) in [6, 6.07) is 15.1.